The van der Waals surface area contributed by atoms with Gasteiger partial charge >= 0.3 is 12.0 Å². The van der Waals surface area contributed by atoms with Crippen LogP contribution in [0.5, 0.6) is 0 Å². The Kier molecular flexibility index (Phi) is 4.89. The fourth-order valence-corrected chi connectivity index (χ4v) is 3.56. The van der Waals surface area contributed by atoms with Gasteiger partial charge in [0, 0.05) is 12.6 Å². The quantitative estimate of drug-likeness (QED) is 0.832. The van der Waals surface area contributed by atoms with Crippen molar-refractivity contribution in [3.63, 3.8) is 0 Å². The third-order valence-corrected chi connectivity index (χ3v) is 5.03. The number of amides is 2. The number of carbonyl (C=O) groups excluding carboxylic acids is 1. The van der Waals surface area contributed by atoms with E-state index in [9.17, 15) is 14.7 Å². The molecule has 4 atom stereocenters. The van der Waals surface area contributed by atoms with Crippen LogP contribution in [0.2, 0.25) is 0 Å². The van der Waals surface area contributed by atoms with Crippen molar-refractivity contribution in [2.75, 3.05) is 6.54 Å². The lowest BCUT2D eigenvalue weighted by molar-refractivity contribution is -0.140. The summed E-state index contributed by atoms with van der Waals surface area (Å²) in [5.41, 5.74) is 0. The molecule has 2 aliphatic rings. The first-order chi connectivity index (χ1) is 9.54. The first-order valence-electron chi connectivity index (χ1n) is 7.84. The number of nitrogens with zero attached hydrogens (tertiary/aromatic N) is 1. The van der Waals surface area contributed by atoms with Crippen LogP contribution in [-0.2, 0) is 4.79 Å². The van der Waals surface area contributed by atoms with Crippen molar-refractivity contribution in [3.05, 3.63) is 0 Å². The van der Waals surface area contributed by atoms with Crippen molar-refractivity contribution in [2.45, 2.75) is 64.5 Å². The zero-order valence-electron chi connectivity index (χ0n) is 12.5. The second kappa shape index (κ2) is 6.46. The van der Waals surface area contributed by atoms with Gasteiger partial charge in [0.25, 0.3) is 0 Å². The van der Waals surface area contributed by atoms with E-state index >= 15 is 0 Å². The molecule has 0 bridgehead atoms. The van der Waals surface area contributed by atoms with Gasteiger partial charge in [-0.1, -0.05) is 33.1 Å². The molecule has 1 saturated carbocycles. The fourth-order valence-electron chi connectivity index (χ4n) is 3.56. The van der Waals surface area contributed by atoms with Crippen LogP contribution in [0.4, 0.5) is 4.79 Å². The third-order valence-electron chi connectivity index (χ3n) is 5.03. The van der Waals surface area contributed by atoms with Crippen LogP contribution in [0, 0.1) is 11.8 Å². The monoisotopic (exact) mass is 282 g/mol. The number of likely N-dealkylation sites (tertiary alicyclic amines) is 1. The lowest BCUT2D eigenvalue weighted by Crippen LogP contribution is -2.52. The normalized spacial score (nSPS) is 28.6. The molecule has 5 heteroatoms. The first kappa shape index (κ1) is 15.1. The molecule has 114 valence electrons. The highest BCUT2D eigenvalue weighted by Crippen LogP contribution is 2.36. The SMILES string of the molecule is CC[C@H](C)[C@H](NC(=O)N1CCC2CCCCC21)C(=O)O. The molecule has 0 aromatic rings. The maximum absolute atomic E-state index is 12.4. The van der Waals surface area contributed by atoms with Crippen molar-refractivity contribution in [1.29, 1.82) is 0 Å². The molecule has 2 fully saturated rings. The van der Waals surface area contributed by atoms with Gasteiger partial charge in [0.15, 0.2) is 0 Å². The molecule has 2 amide bonds. The van der Waals surface area contributed by atoms with Gasteiger partial charge in [-0.3, -0.25) is 0 Å². The predicted molar refractivity (Wildman–Crippen MR) is 76.5 cm³/mol. The van der Waals surface area contributed by atoms with E-state index in [0.717, 1.165) is 25.8 Å². The molecule has 1 aliphatic carbocycles. The van der Waals surface area contributed by atoms with E-state index in [1.165, 1.54) is 19.3 Å². The van der Waals surface area contributed by atoms with Crippen molar-refractivity contribution >= 4 is 12.0 Å². The molecule has 5 nitrogen and oxygen atoms in total. The topological polar surface area (TPSA) is 69.6 Å². The average Bonchev–Trinajstić information content (AvgIpc) is 2.87. The number of nitrogens with one attached hydrogen (secondary N) is 1. The Morgan fingerprint density at radius 3 is 2.65 bits per heavy atom. The molecule has 1 aliphatic heterocycles. The molecule has 1 heterocycles. The number of fused-ring (bicyclic) bond motifs is 1. The van der Waals surface area contributed by atoms with Crippen molar-refractivity contribution < 1.29 is 14.7 Å². The van der Waals surface area contributed by atoms with Crippen molar-refractivity contribution in [1.82, 2.24) is 10.2 Å². The molecule has 0 radical (unpaired) electrons. The first-order valence-corrected chi connectivity index (χ1v) is 7.84. The summed E-state index contributed by atoms with van der Waals surface area (Å²) in [4.78, 5) is 25.6. The number of rotatable bonds is 4. The summed E-state index contributed by atoms with van der Waals surface area (Å²) < 4.78 is 0. The minimum atomic E-state index is -0.938. The van der Waals surface area contributed by atoms with Crippen LogP contribution in [0.3, 0.4) is 0 Å². The summed E-state index contributed by atoms with van der Waals surface area (Å²) in [6, 6.07) is -0.641. The highest BCUT2D eigenvalue weighted by Gasteiger charge is 2.39. The van der Waals surface area contributed by atoms with E-state index in [-0.39, 0.29) is 11.9 Å². The maximum Gasteiger partial charge on any atom is 0.326 e. The van der Waals surface area contributed by atoms with Gasteiger partial charge < -0.3 is 15.3 Å². The molecule has 0 spiro atoms. The molecular weight excluding hydrogens is 256 g/mol. The average molecular weight is 282 g/mol. The van der Waals surface area contributed by atoms with E-state index in [0.29, 0.717) is 12.0 Å². The third kappa shape index (κ3) is 3.07. The van der Waals surface area contributed by atoms with Crippen LogP contribution in [-0.4, -0.2) is 40.6 Å². The maximum atomic E-state index is 12.4. The Morgan fingerprint density at radius 1 is 1.30 bits per heavy atom. The summed E-state index contributed by atoms with van der Waals surface area (Å²) in [7, 11) is 0. The minimum Gasteiger partial charge on any atom is -0.480 e. The van der Waals surface area contributed by atoms with Crippen molar-refractivity contribution in [3.8, 4) is 0 Å². The van der Waals surface area contributed by atoms with E-state index in [1.807, 2.05) is 18.7 Å². The Balaban J connectivity index is 1.98. The van der Waals surface area contributed by atoms with Gasteiger partial charge in [-0.25, -0.2) is 9.59 Å². The Bertz CT molecular complexity index is 372. The highest BCUT2D eigenvalue weighted by molar-refractivity contribution is 5.83. The van der Waals surface area contributed by atoms with Gasteiger partial charge in [-0.2, -0.15) is 0 Å². The van der Waals surface area contributed by atoms with Crippen LogP contribution >= 0.6 is 0 Å². The van der Waals surface area contributed by atoms with Crippen LogP contribution in [0.1, 0.15) is 52.4 Å². The summed E-state index contributed by atoms with van der Waals surface area (Å²) in [5.74, 6) is -0.366. The summed E-state index contributed by atoms with van der Waals surface area (Å²) in [5, 5.41) is 12.0. The molecule has 20 heavy (non-hydrogen) atoms. The second-order valence-corrected chi connectivity index (χ2v) is 6.24. The largest absolute Gasteiger partial charge is 0.480 e. The van der Waals surface area contributed by atoms with Gasteiger partial charge in [-0.05, 0) is 31.1 Å². The molecule has 1 saturated heterocycles. The van der Waals surface area contributed by atoms with Crippen LogP contribution < -0.4 is 5.32 Å². The number of urea groups is 1. The highest BCUT2D eigenvalue weighted by atomic mass is 16.4. The minimum absolute atomic E-state index is 0.0544. The van der Waals surface area contributed by atoms with E-state index in [4.69, 9.17) is 0 Å². The fraction of sp³-hybridized carbons (Fsp3) is 0.867. The molecular formula is C15H26N2O3. The standard InChI is InChI=1S/C15H26N2O3/c1-3-10(2)13(14(18)19)16-15(20)17-9-8-11-6-4-5-7-12(11)17/h10-13H,3-9H2,1-2H3,(H,16,20)(H,18,19)/t10-,11?,12?,13-/m0/s1. The Hall–Kier alpha value is -1.26. The number of carboxylic acids is 1. The number of carbonyl (C=O) groups is 2. The summed E-state index contributed by atoms with van der Waals surface area (Å²) >= 11 is 0. The lowest BCUT2D eigenvalue weighted by atomic mass is 9.85. The molecule has 2 N–H and O–H groups in total. The molecule has 2 unspecified atom stereocenters. The summed E-state index contributed by atoms with van der Waals surface area (Å²) in [6.45, 7) is 4.58. The lowest BCUT2D eigenvalue weighted by Gasteiger charge is -2.33. The molecule has 0 aromatic heterocycles. The molecule has 2 rings (SSSR count). The van der Waals surface area contributed by atoms with E-state index in [1.54, 1.807) is 0 Å². The van der Waals surface area contributed by atoms with Crippen LogP contribution in [0.25, 0.3) is 0 Å². The second-order valence-electron chi connectivity index (χ2n) is 6.24. The number of hydrogen-bond donors (Lipinski definition) is 2. The number of aliphatic carboxylic acids is 1. The Morgan fingerprint density at radius 2 is 2.00 bits per heavy atom. The summed E-state index contributed by atoms with van der Waals surface area (Å²) in [6.07, 6.45) is 6.53. The number of carboxylic acid groups (broad SMARTS) is 1. The molecule has 0 aromatic carbocycles. The van der Waals surface area contributed by atoms with Gasteiger partial charge in [0.05, 0.1) is 0 Å². The van der Waals surface area contributed by atoms with Gasteiger partial charge in [0.2, 0.25) is 0 Å². The van der Waals surface area contributed by atoms with Crippen molar-refractivity contribution in [2.24, 2.45) is 11.8 Å². The van der Waals surface area contributed by atoms with E-state index in [2.05, 4.69) is 5.32 Å². The van der Waals surface area contributed by atoms with Crippen LogP contribution in [0.15, 0.2) is 0 Å². The van der Waals surface area contributed by atoms with E-state index < -0.39 is 12.0 Å². The van der Waals surface area contributed by atoms with Gasteiger partial charge in [0.1, 0.15) is 6.04 Å². The predicted octanol–water partition coefficient (Wildman–Crippen LogP) is 2.46. The number of hydrogen-bond acceptors (Lipinski definition) is 2. The van der Waals surface area contributed by atoms with Gasteiger partial charge in [-0.15, -0.1) is 0 Å². The zero-order valence-corrected chi connectivity index (χ0v) is 12.5. The smallest absolute Gasteiger partial charge is 0.326 e. The zero-order chi connectivity index (χ0) is 14.7. The Labute approximate surface area is 120 Å².